The van der Waals surface area contributed by atoms with Gasteiger partial charge in [0.1, 0.15) is 5.75 Å². The smallest absolute Gasteiger partial charge is 0.143 e. The quantitative estimate of drug-likeness (QED) is 0.521. The van der Waals surface area contributed by atoms with Crippen molar-refractivity contribution >= 4 is 5.69 Å². The lowest BCUT2D eigenvalue weighted by molar-refractivity contribution is 0.467. The Hall–Kier alpha value is -1.69. The molecule has 1 aromatic rings. The van der Waals surface area contributed by atoms with Crippen LogP contribution in [0.25, 0.3) is 0 Å². The van der Waals surface area contributed by atoms with Gasteiger partial charge in [-0.25, -0.2) is 0 Å². The van der Waals surface area contributed by atoms with Gasteiger partial charge in [0.25, 0.3) is 0 Å². The van der Waals surface area contributed by atoms with Crippen molar-refractivity contribution in [2.75, 3.05) is 5.73 Å². The van der Waals surface area contributed by atoms with Crippen LogP contribution in [0.1, 0.15) is 24.0 Å². The molecule has 0 radical (unpaired) electrons. The molecule has 1 aliphatic carbocycles. The topological polar surface area (TPSA) is 70.0 Å². The van der Waals surface area contributed by atoms with E-state index in [2.05, 4.69) is 6.07 Å². The highest BCUT2D eigenvalue weighted by Gasteiger charge is 2.47. The van der Waals surface area contributed by atoms with Crippen LogP contribution in [0.3, 0.4) is 0 Å². The van der Waals surface area contributed by atoms with E-state index in [-0.39, 0.29) is 5.75 Å². The van der Waals surface area contributed by atoms with Crippen LogP contribution >= 0.6 is 0 Å². The highest BCUT2D eigenvalue weighted by atomic mass is 16.3. The molecule has 0 aliphatic heterocycles. The summed E-state index contributed by atoms with van der Waals surface area (Å²) >= 11 is 0. The van der Waals surface area contributed by atoms with Crippen LogP contribution in [0.2, 0.25) is 0 Å². The average molecular weight is 188 g/mol. The van der Waals surface area contributed by atoms with Gasteiger partial charge >= 0.3 is 0 Å². The molecule has 14 heavy (non-hydrogen) atoms. The monoisotopic (exact) mass is 188 g/mol. The van der Waals surface area contributed by atoms with Crippen LogP contribution < -0.4 is 5.73 Å². The number of aromatic hydroxyl groups is 1. The average Bonchev–Trinajstić information content (AvgIpc) is 2.92. The van der Waals surface area contributed by atoms with E-state index in [4.69, 9.17) is 11.0 Å². The lowest BCUT2D eigenvalue weighted by atomic mass is 9.94. The summed E-state index contributed by atoms with van der Waals surface area (Å²) in [5.41, 5.74) is 7.21. The minimum Gasteiger partial charge on any atom is -0.505 e. The number of nitrogen functional groups attached to an aromatic ring is 1. The molecule has 0 aromatic heterocycles. The van der Waals surface area contributed by atoms with Crippen molar-refractivity contribution in [1.29, 1.82) is 5.26 Å². The van der Waals surface area contributed by atoms with Crippen molar-refractivity contribution in [3.8, 4) is 11.8 Å². The molecule has 0 spiro atoms. The van der Waals surface area contributed by atoms with Crippen molar-refractivity contribution in [3.05, 3.63) is 23.3 Å². The highest BCUT2D eigenvalue weighted by Crippen LogP contribution is 2.51. The Balaban J connectivity index is 2.59. The number of rotatable bonds is 1. The number of nitrogens with zero attached hydrogens (tertiary/aromatic N) is 1. The molecule has 0 saturated heterocycles. The first-order chi connectivity index (χ1) is 6.59. The third-order valence-electron chi connectivity index (χ3n) is 2.76. The molecule has 0 unspecified atom stereocenters. The molecule has 1 aromatic carbocycles. The second kappa shape index (κ2) is 2.65. The number of benzene rings is 1. The standard InChI is InChI=1S/C11H12N2O/c1-7-4-8(10(14)9(13)5-7)11(6-12)2-3-11/h4-5,14H,2-3,13H2,1H3. The summed E-state index contributed by atoms with van der Waals surface area (Å²) in [5.74, 6) is 0.0784. The number of nitriles is 1. The maximum Gasteiger partial charge on any atom is 0.143 e. The van der Waals surface area contributed by atoms with Crippen molar-refractivity contribution in [3.63, 3.8) is 0 Å². The van der Waals surface area contributed by atoms with Crippen molar-refractivity contribution in [2.45, 2.75) is 25.2 Å². The van der Waals surface area contributed by atoms with E-state index in [0.717, 1.165) is 18.4 Å². The van der Waals surface area contributed by atoms with Gasteiger partial charge in [0.2, 0.25) is 0 Å². The van der Waals surface area contributed by atoms with Crippen molar-refractivity contribution in [1.82, 2.24) is 0 Å². The summed E-state index contributed by atoms with van der Waals surface area (Å²) in [6.45, 7) is 1.91. The van der Waals surface area contributed by atoms with E-state index >= 15 is 0 Å². The number of phenols is 1. The number of aryl methyl sites for hydroxylation is 1. The second-order valence-corrected chi connectivity index (χ2v) is 3.94. The fourth-order valence-electron chi connectivity index (χ4n) is 1.74. The predicted molar refractivity (Wildman–Crippen MR) is 53.8 cm³/mol. The Bertz CT molecular complexity index is 428. The lowest BCUT2D eigenvalue weighted by Gasteiger charge is -2.11. The van der Waals surface area contributed by atoms with E-state index < -0.39 is 5.41 Å². The molecule has 0 bridgehead atoms. The van der Waals surface area contributed by atoms with Gasteiger partial charge in [0.05, 0.1) is 17.2 Å². The summed E-state index contributed by atoms with van der Waals surface area (Å²) in [5, 5.41) is 18.8. The van der Waals surface area contributed by atoms with Gasteiger partial charge in [-0.05, 0) is 31.4 Å². The molecule has 1 fully saturated rings. The number of hydrogen-bond donors (Lipinski definition) is 2. The summed E-state index contributed by atoms with van der Waals surface area (Å²) in [6.07, 6.45) is 1.64. The highest BCUT2D eigenvalue weighted by molar-refractivity contribution is 5.62. The number of hydrogen-bond acceptors (Lipinski definition) is 3. The van der Waals surface area contributed by atoms with Crippen molar-refractivity contribution < 1.29 is 5.11 Å². The van der Waals surface area contributed by atoms with Crippen LogP contribution in [0.4, 0.5) is 5.69 Å². The zero-order valence-corrected chi connectivity index (χ0v) is 8.04. The Morgan fingerprint density at radius 1 is 1.50 bits per heavy atom. The van der Waals surface area contributed by atoms with Crippen LogP contribution in [0.5, 0.6) is 5.75 Å². The number of nitrogens with two attached hydrogens (primary N) is 1. The normalized spacial score (nSPS) is 17.4. The Morgan fingerprint density at radius 2 is 2.14 bits per heavy atom. The zero-order chi connectivity index (χ0) is 10.3. The minimum absolute atomic E-state index is 0.0784. The zero-order valence-electron chi connectivity index (χ0n) is 8.04. The van der Waals surface area contributed by atoms with E-state index in [1.165, 1.54) is 0 Å². The number of anilines is 1. The van der Waals surface area contributed by atoms with Gasteiger partial charge < -0.3 is 10.8 Å². The minimum atomic E-state index is -0.468. The molecular weight excluding hydrogens is 176 g/mol. The van der Waals surface area contributed by atoms with Gasteiger partial charge in [0.15, 0.2) is 0 Å². The fraction of sp³-hybridized carbons (Fsp3) is 0.364. The number of phenolic OH excluding ortho intramolecular Hbond substituents is 1. The van der Waals surface area contributed by atoms with Gasteiger partial charge in [0, 0.05) is 5.56 Å². The lowest BCUT2D eigenvalue weighted by Crippen LogP contribution is -2.05. The molecule has 1 aliphatic rings. The second-order valence-electron chi connectivity index (χ2n) is 3.94. The predicted octanol–water partition coefficient (Wildman–Crippen LogP) is 1.84. The molecule has 72 valence electrons. The first kappa shape index (κ1) is 8.89. The summed E-state index contributed by atoms with van der Waals surface area (Å²) in [4.78, 5) is 0. The molecule has 3 heteroatoms. The van der Waals surface area contributed by atoms with Gasteiger partial charge in [-0.2, -0.15) is 5.26 Å². The summed E-state index contributed by atoms with van der Waals surface area (Å²) < 4.78 is 0. The van der Waals surface area contributed by atoms with Crippen LogP contribution in [0.15, 0.2) is 12.1 Å². The summed E-state index contributed by atoms with van der Waals surface area (Å²) in [6, 6.07) is 5.81. The molecule has 2 rings (SSSR count). The van der Waals surface area contributed by atoms with E-state index in [9.17, 15) is 5.11 Å². The first-order valence-electron chi connectivity index (χ1n) is 4.60. The molecule has 3 nitrogen and oxygen atoms in total. The van der Waals surface area contributed by atoms with Crippen LogP contribution in [0, 0.1) is 18.3 Å². The van der Waals surface area contributed by atoms with E-state index in [1.807, 2.05) is 13.0 Å². The maximum atomic E-state index is 9.75. The van der Waals surface area contributed by atoms with Gasteiger partial charge in [-0.1, -0.05) is 6.07 Å². The fourth-order valence-corrected chi connectivity index (χ4v) is 1.74. The van der Waals surface area contributed by atoms with E-state index in [0.29, 0.717) is 11.3 Å². The SMILES string of the molecule is Cc1cc(N)c(O)c(C2(C#N)CC2)c1. The largest absolute Gasteiger partial charge is 0.505 e. The molecule has 1 saturated carbocycles. The molecule has 3 N–H and O–H groups in total. The molecule has 0 atom stereocenters. The van der Waals surface area contributed by atoms with Crippen LogP contribution in [-0.2, 0) is 5.41 Å². The van der Waals surface area contributed by atoms with Crippen molar-refractivity contribution in [2.24, 2.45) is 0 Å². The third kappa shape index (κ3) is 1.12. The Labute approximate surface area is 82.8 Å². The van der Waals surface area contributed by atoms with Gasteiger partial charge in [-0.15, -0.1) is 0 Å². The maximum absolute atomic E-state index is 9.75. The Morgan fingerprint density at radius 3 is 2.64 bits per heavy atom. The van der Waals surface area contributed by atoms with Gasteiger partial charge in [-0.3, -0.25) is 0 Å². The molecule has 0 amide bonds. The molecular formula is C11H12N2O. The van der Waals surface area contributed by atoms with E-state index in [1.54, 1.807) is 6.07 Å². The first-order valence-corrected chi connectivity index (χ1v) is 4.60. The molecule has 0 heterocycles. The third-order valence-corrected chi connectivity index (χ3v) is 2.76. The summed E-state index contributed by atoms with van der Waals surface area (Å²) in [7, 11) is 0. The van der Waals surface area contributed by atoms with Crippen LogP contribution in [-0.4, -0.2) is 5.11 Å². The Kier molecular flexibility index (Phi) is 1.68.